The van der Waals surface area contributed by atoms with Crippen LogP contribution in [-0.4, -0.2) is 26.2 Å². The highest BCUT2D eigenvalue weighted by molar-refractivity contribution is 5.65. The summed E-state index contributed by atoms with van der Waals surface area (Å²) in [4.78, 5) is 0. The number of para-hydroxylation sites is 1. The maximum absolute atomic E-state index is 6.09. The van der Waals surface area contributed by atoms with Crippen LogP contribution in [0.1, 0.15) is 25.3 Å². The van der Waals surface area contributed by atoms with Gasteiger partial charge in [0, 0.05) is 18.5 Å². The van der Waals surface area contributed by atoms with Crippen molar-refractivity contribution in [3.63, 3.8) is 0 Å². The standard InChI is InChI=1S/C15H22N2O/c1-15(7-3-8-16-10-15)11-18-13-5-2-4-12-6-9-17-14(12)13/h2,4-5,16-17H,3,6-11H2,1H3. The Bertz CT molecular complexity index is 425. The number of fused-ring (bicyclic) bond motifs is 1. The summed E-state index contributed by atoms with van der Waals surface area (Å²) >= 11 is 0. The molecule has 1 saturated heterocycles. The van der Waals surface area contributed by atoms with E-state index in [-0.39, 0.29) is 5.41 Å². The van der Waals surface area contributed by atoms with Crippen molar-refractivity contribution >= 4 is 5.69 Å². The van der Waals surface area contributed by atoms with Crippen LogP contribution in [0.25, 0.3) is 0 Å². The molecule has 0 radical (unpaired) electrons. The molecule has 0 bridgehead atoms. The lowest BCUT2D eigenvalue weighted by Crippen LogP contribution is -2.41. The molecule has 2 aliphatic heterocycles. The van der Waals surface area contributed by atoms with Gasteiger partial charge >= 0.3 is 0 Å². The molecule has 18 heavy (non-hydrogen) atoms. The van der Waals surface area contributed by atoms with Crippen molar-refractivity contribution in [3.05, 3.63) is 23.8 Å². The van der Waals surface area contributed by atoms with Crippen LogP contribution in [0.15, 0.2) is 18.2 Å². The molecule has 0 aliphatic carbocycles. The van der Waals surface area contributed by atoms with E-state index in [9.17, 15) is 0 Å². The van der Waals surface area contributed by atoms with Gasteiger partial charge in [0.25, 0.3) is 0 Å². The third-order valence-electron chi connectivity index (χ3n) is 4.07. The van der Waals surface area contributed by atoms with Crippen molar-refractivity contribution in [2.24, 2.45) is 5.41 Å². The fourth-order valence-electron chi connectivity index (χ4n) is 2.92. The summed E-state index contributed by atoms with van der Waals surface area (Å²) in [5.41, 5.74) is 2.88. The van der Waals surface area contributed by atoms with Gasteiger partial charge in [-0.15, -0.1) is 0 Å². The summed E-state index contributed by atoms with van der Waals surface area (Å²) in [6, 6.07) is 6.37. The Morgan fingerprint density at radius 2 is 2.28 bits per heavy atom. The summed E-state index contributed by atoms with van der Waals surface area (Å²) in [5, 5.41) is 6.90. The second kappa shape index (κ2) is 4.81. The minimum absolute atomic E-state index is 0.277. The van der Waals surface area contributed by atoms with Gasteiger partial charge in [-0.05, 0) is 37.4 Å². The number of nitrogens with one attached hydrogen (secondary N) is 2. The molecular weight excluding hydrogens is 224 g/mol. The fourth-order valence-corrected chi connectivity index (χ4v) is 2.92. The van der Waals surface area contributed by atoms with Crippen molar-refractivity contribution in [1.29, 1.82) is 0 Å². The zero-order valence-electron chi connectivity index (χ0n) is 11.1. The highest BCUT2D eigenvalue weighted by Crippen LogP contribution is 2.34. The van der Waals surface area contributed by atoms with Gasteiger partial charge in [-0.3, -0.25) is 0 Å². The van der Waals surface area contributed by atoms with E-state index >= 15 is 0 Å². The van der Waals surface area contributed by atoms with Gasteiger partial charge in [0.2, 0.25) is 0 Å². The van der Waals surface area contributed by atoms with Crippen LogP contribution in [0.4, 0.5) is 5.69 Å². The average molecular weight is 246 g/mol. The maximum atomic E-state index is 6.09. The lowest BCUT2D eigenvalue weighted by Gasteiger charge is -2.34. The summed E-state index contributed by atoms with van der Waals surface area (Å²) in [7, 11) is 0. The van der Waals surface area contributed by atoms with E-state index in [0.29, 0.717) is 0 Å². The summed E-state index contributed by atoms with van der Waals surface area (Å²) in [6.45, 7) is 6.37. The minimum atomic E-state index is 0.277. The van der Waals surface area contributed by atoms with Crippen molar-refractivity contribution in [2.75, 3.05) is 31.6 Å². The molecule has 3 rings (SSSR count). The molecule has 1 atom stereocenters. The molecule has 0 aromatic heterocycles. The van der Waals surface area contributed by atoms with Crippen molar-refractivity contribution in [3.8, 4) is 5.75 Å². The SMILES string of the molecule is CC1(COc2cccc3c2NCC3)CCCNC1. The quantitative estimate of drug-likeness (QED) is 0.859. The zero-order valence-corrected chi connectivity index (χ0v) is 11.1. The number of rotatable bonds is 3. The molecule has 3 heteroatoms. The van der Waals surface area contributed by atoms with Crippen LogP contribution < -0.4 is 15.4 Å². The largest absolute Gasteiger partial charge is 0.491 e. The molecule has 3 nitrogen and oxygen atoms in total. The van der Waals surface area contributed by atoms with E-state index in [2.05, 4.69) is 35.8 Å². The van der Waals surface area contributed by atoms with Gasteiger partial charge in [-0.2, -0.15) is 0 Å². The molecule has 0 spiro atoms. The average Bonchev–Trinajstić information content (AvgIpc) is 2.86. The van der Waals surface area contributed by atoms with Gasteiger partial charge in [0.15, 0.2) is 0 Å². The first-order valence-electron chi connectivity index (χ1n) is 6.96. The fraction of sp³-hybridized carbons (Fsp3) is 0.600. The number of hydrogen-bond donors (Lipinski definition) is 2. The normalized spacial score (nSPS) is 26.5. The van der Waals surface area contributed by atoms with E-state index in [0.717, 1.165) is 38.4 Å². The summed E-state index contributed by atoms with van der Waals surface area (Å²) in [6.07, 6.45) is 3.62. The number of anilines is 1. The van der Waals surface area contributed by atoms with E-state index < -0.39 is 0 Å². The van der Waals surface area contributed by atoms with E-state index in [1.807, 2.05) is 0 Å². The van der Waals surface area contributed by atoms with Crippen LogP contribution in [0.5, 0.6) is 5.75 Å². The van der Waals surface area contributed by atoms with E-state index in [4.69, 9.17) is 4.74 Å². The topological polar surface area (TPSA) is 33.3 Å². The Labute approximate surface area is 109 Å². The van der Waals surface area contributed by atoms with Gasteiger partial charge < -0.3 is 15.4 Å². The molecule has 0 saturated carbocycles. The number of piperidine rings is 1. The molecule has 1 aromatic rings. The Hall–Kier alpha value is -1.22. The van der Waals surface area contributed by atoms with Crippen LogP contribution in [-0.2, 0) is 6.42 Å². The molecule has 2 aliphatic rings. The molecule has 1 aromatic carbocycles. The van der Waals surface area contributed by atoms with Crippen LogP contribution in [0.2, 0.25) is 0 Å². The van der Waals surface area contributed by atoms with Crippen LogP contribution >= 0.6 is 0 Å². The van der Waals surface area contributed by atoms with Gasteiger partial charge in [-0.1, -0.05) is 19.1 Å². The smallest absolute Gasteiger partial charge is 0.142 e. The Kier molecular flexibility index (Phi) is 3.16. The first kappa shape index (κ1) is 11.8. The Morgan fingerprint density at radius 1 is 1.33 bits per heavy atom. The van der Waals surface area contributed by atoms with Crippen LogP contribution in [0.3, 0.4) is 0 Å². The third kappa shape index (κ3) is 2.32. The second-order valence-corrected chi connectivity index (χ2v) is 5.85. The highest BCUT2D eigenvalue weighted by Gasteiger charge is 2.28. The molecule has 0 amide bonds. The van der Waals surface area contributed by atoms with Crippen molar-refractivity contribution in [1.82, 2.24) is 5.32 Å². The monoisotopic (exact) mass is 246 g/mol. The molecular formula is C15H22N2O. The predicted octanol–water partition coefficient (Wildman–Crippen LogP) is 2.42. The van der Waals surface area contributed by atoms with E-state index in [1.54, 1.807) is 0 Å². The summed E-state index contributed by atoms with van der Waals surface area (Å²) in [5.74, 6) is 1.02. The number of ether oxygens (including phenoxy) is 1. The first-order valence-corrected chi connectivity index (χ1v) is 6.96. The molecule has 2 heterocycles. The van der Waals surface area contributed by atoms with Crippen molar-refractivity contribution < 1.29 is 4.74 Å². The minimum Gasteiger partial charge on any atom is -0.491 e. The number of benzene rings is 1. The third-order valence-corrected chi connectivity index (χ3v) is 4.07. The van der Waals surface area contributed by atoms with Gasteiger partial charge in [0.1, 0.15) is 5.75 Å². The molecule has 1 fully saturated rings. The maximum Gasteiger partial charge on any atom is 0.142 e. The zero-order chi connectivity index (χ0) is 12.4. The van der Waals surface area contributed by atoms with Crippen LogP contribution in [0, 0.1) is 5.41 Å². The Morgan fingerprint density at radius 3 is 3.11 bits per heavy atom. The lowest BCUT2D eigenvalue weighted by atomic mass is 9.84. The summed E-state index contributed by atoms with van der Waals surface area (Å²) < 4.78 is 6.09. The van der Waals surface area contributed by atoms with Gasteiger partial charge in [0.05, 0.1) is 12.3 Å². The van der Waals surface area contributed by atoms with E-state index in [1.165, 1.54) is 24.1 Å². The number of hydrogen-bond acceptors (Lipinski definition) is 3. The highest BCUT2D eigenvalue weighted by atomic mass is 16.5. The predicted molar refractivity (Wildman–Crippen MR) is 74.3 cm³/mol. The first-order chi connectivity index (χ1) is 8.77. The Balaban J connectivity index is 1.68. The molecule has 98 valence electrons. The molecule has 1 unspecified atom stereocenters. The van der Waals surface area contributed by atoms with Gasteiger partial charge in [-0.25, -0.2) is 0 Å². The van der Waals surface area contributed by atoms with Crippen molar-refractivity contribution in [2.45, 2.75) is 26.2 Å². The second-order valence-electron chi connectivity index (χ2n) is 5.85. The molecule has 2 N–H and O–H groups in total. The lowest BCUT2D eigenvalue weighted by molar-refractivity contribution is 0.129.